The molecule has 2 aromatic heterocycles. The zero-order chi connectivity index (χ0) is 8.39. The summed E-state index contributed by atoms with van der Waals surface area (Å²) < 4.78 is 2.70. The molecule has 2 rings (SSSR count). The molecule has 0 bridgehead atoms. The Kier molecular flexibility index (Phi) is 1.87. The number of hydrogen-bond acceptors (Lipinski definition) is 3. The molecule has 0 aliphatic heterocycles. The first-order chi connectivity index (χ1) is 5.86. The molecule has 2 heterocycles. The van der Waals surface area contributed by atoms with Crippen LogP contribution in [-0.2, 0) is 0 Å². The Hall–Kier alpha value is -1.23. The first-order valence-electron chi connectivity index (χ1n) is 3.33. The van der Waals surface area contributed by atoms with Crippen LogP contribution in [0.5, 0.6) is 0 Å². The Balaban J connectivity index is 2.43. The Morgan fingerprint density at radius 1 is 1.17 bits per heavy atom. The maximum Gasteiger partial charge on any atom is 0.139 e. The van der Waals surface area contributed by atoms with Crippen LogP contribution in [-0.4, -0.2) is 19.7 Å². The van der Waals surface area contributed by atoms with Crippen LogP contribution < -0.4 is 0 Å². The summed E-state index contributed by atoms with van der Waals surface area (Å²) in [5, 5.41) is 7.36. The molecule has 0 saturated carbocycles. The molecular weight excluding hydrogens is 220 g/mol. The fourth-order valence-electron chi connectivity index (χ4n) is 0.840. The van der Waals surface area contributed by atoms with Crippen LogP contribution in [0.1, 0.15) is 0 Å². The van der Waals surface area contributed by atoms with E-state index in [1.165, 1.54) is 0 Å². The van der Waals surface area contributed by atoms with Crippen molar-refractivity contribution in [3.05, 3.63) is 35.5 Å². The van der Waals surface area contributed by atoms with Crippen molar-refractivity contribution in [1.82, 2.24) is 19.7 Å². The van der Waals surface area contributed by atoms with Gasteiger partial charge in [0.1, 0.15) is 18.5 Å². The first-order valence-corrected chi connectivity index (χ1v) is 4.12. The van der Waals surface area contributed by atoms with Crippen LogP contribution in [0.4, 0.5) is 0 Å². The summed E-state index contributed by atoms with van der Waals surface area (Å²) in [4.78, 5) is 4.16. The molecule has 60 valence electrons. The number of halogens is 1. The van der Waals surface area contributed by atoms with Gasteiger partial charge in [0.25, 0.3) is 0 Å². The van der Waals surface area contributed by atoms with Crippen LogP contribution in [0.3, 0.4) is 0 Å². The van der Waals surface area contributed by atoms with E-state index >= 15 is 0 Å². The van der Waals surface area contributed by atoms with Crippen molar-refractivity contribution in [2.75, 3.05) is 0 Å². The fourth-order valence-corrected chi connectivity index (χ4v) is 1.07. The van der Waals surface area contributed by atoms with Crippen molar-refractivity contribution in [3.8, 4) is 5.82 Å². The van der Waals surface area contributed by atoms with E-state index in [2.05, 4.69) is 31.1 Å². The lowest BCUT2D eigenvalue weighted by Gasteiger charge is -1.97. The molecule has 0 aliphatic rings. The molecule has 0 spiro atoms. The van der Waals surface area contributed by atoms with Gasteiger partial charge in [0.2, 0.25) is 0 Å². The van der Waals surface area contributed by atoms with E-state index in [4.69, 9.17) is 0 Å². The normalized spacial score (nSPS) is 10.1. The predicted molar refractivity (Wildman–Crippen MR) is 46.9 cm³/mol. The molecule has 0 saturated heterocycles. The maximum atomic E-state index is 4.16. The van der Waals surface area contributed by atoms with Gasteiger partial charge in [-0.15, -0.1) is 10.2 Å². The number of aromatic nitrogens is 4. The number of pyridine rings is 1. The fraction of sp³-hybridized carbons (Fsp3) is 0. The topological polar surface area (TPSA) is 43.6 Å². The van der Waals surface area contributed by atoms with Crippen molar-refractivity contribution >= 4 is 15.9 Å². The SMILES string of the molecule is Brc1ccc(-n2cnnc2)nc1. The van der Waals surface area contributed by atoms with Gasteiger partial charge in [-0.25, -0.2) is 4.98 Å². The summed E-state index contributed by atoms with van der Waals surface area (Å²) in [6.07, 6.45) is 4.95. The van der Waals surface area contributed by atoms with Crippen molar-refractivity contribution in [2.24, 2.45) is 0 Å². The Morgan fingerprint density at radius 2 is 1.92 bits per heavy atom. The Morgan fingerprint density at radius 3 is 2.50 bits per heavy atom. The van der Waals surface area contributed by atoms with Crippen molar-refractivity contribution in [3.63, 3.8) is 0 Å². The molecule has 0 aromatic carbocycles. The van der Waals surface area contributed by atoms with Crippen molar-refractivity contribution < 1.29 is 0 Å². The summed E-state index contributed by atoms with van der Waals surface area (Å²) in [6, 6.07) is 3.80. The van der Waals surface area contributed by atoms with Gasteiger partial charge in [0.05, 0.1) is 0 Å². The van der Waals surface area contributed by atoms with Gasteiger partial charge in [0.15, 0.2) is 0 Å². The molecule has 0 N–H and O–H groups in total. The average molecular weight is 225 g/mol. The van der Waals surface area contributed by atoms with Gasteiger partial charge in [0, 0.05) is 10.7 Å². The third-order valence-electron chi connectivity index (χ3n) is 1.40. The lowest BCUT2D eigenvalue weighted by atomic mass is 10.5. The molecule has 12 heavy (non-hydrogen) atoms. The second-order valence-corrected chi connectivity index (χ2v) is 3.12. The van der Waals surface area contributed by atoms with Gasteiger partial charge < -0.3 is 0 Å². The van der Waals surface area contributed by atoms with Gasteiger partial charge >= 0.3 is 0 Å². The van der Waals surface area contributed by atoms with Crippen LogP contribution in [0.15, 0.2) is 35.5 Å². The number of rotatable bonds is 1. The summed E-state index contributed by atoms with van der Waals surface area (Å²) >= 11 is 3.31. The monoisotopic (exact) mass is 224 g/mol. The second-order valence-electron chi connectivity index (χ2n) is 2.20. The molecule has 0 atom stereocenters. The van der Waals surface area contributed by atoms with Gasteiger partial charge in [-0.05, 0) is 28.1 Å². The van der Waals surface area contributed by atoms with Gasteiger partial charge in [-0.2, -0.15) is 0 Å². The second kappa shape index (κ2) is 3.02. The number of hydrogen-bond donors (Lipinski definition) is 0. The molecule has 0 radical (unpaired) electrons. The zero-order valence-electron chi connectivity index (χ0n) is 6.05. The summed E-state index contributed by atoms with van der Waals surface area (Å²) in [6.45, 7) is 0. The van der Waals surface area contributed by atoms with Crippen molar-refractivity contribution in [2.45, 2.75) is 0 Å². The molecule has 0 fully saturated rings. The Labute approximate surface area is 77.4 Å². The summed E-state index contributed by atoms with van der Waals surface area (Å²) in [7, 11) is 0. The van der Waals surface area contributed by atoms with Crippen LogP contribution in [0.2, 0.25) is 0 Å². The minimum Gasteiger partial charge on any atom is -0.272 e. The van der Waals surface area contributed by atoms with E-state index in [1.807, 2.05) is 12.1 Å². The lowest BCUT2D eigenvalue weighted by Crippen LogP contribution is -1.92. The number of nitrogens with zero attached hydrogens (tertiary/aromatic N) is 4. The highest BCUT2D eigenvalue weighted by atomic mass is 79.9. The van der Waals surface area contributed by atoms with Gasteiger partial charge in [-0.3, -0.25) is 4.57 Å². The summed E-state index contributed by atoms with van der Waals surface area (Å²) in [5.41, 5.74) is 0. The molecule has 0 unspecified atom stereocenters. The largest absolute Gasteiger partial charge is 0.272 e. The molecule has 0 aliphatic carbocycles. The third kappa shape index (κ3) is 1.35. The van der Waals surface area contributed by atoms with E-state index in [1.54, 1.807) is 23.4 Å². The quantitative estimate of drug-likeness (QED) is 0.737. The molecular formula is C7H5BrN4. The zero-order valence-corrected chi connectivity index (χ0v) is 7.64. The van der Waals surface area contributed by atoms with Crippen LogP contribution in [0.25, 0.3) is 5.82 Å². The van der Waals surface area contributed by atoms with E-state index in [9.17, 15) is 0 Å². The smallest absolute Gasteiger partial charge is 0.139 e. The molecule has 4 nitrogen and oxygen atoms in total. The Bertz CT molecular complexity index is 353. The standard InChI is InChI=1S/C7H5BrN4/c8-6-1-2-7(9-3-6)12-4-10-11-5-12/h1-5H. The van der Waals surface area contributed by atoms with Crippen LogP contribution >= 0.6 is 15.9 Å². The summed E-state index contributed by atoms with van der Waals surface area (Å²) in [5.74, 6) is 0.809. The maximum absolute atomic E-state index is 4.16. The third-order valence-corrected chi connectivity index (χ3v) is 1.86. The van der Waals surface area contributed by atoms with E-state index in [0.717, 1.165) is 10.3 Å². The highest BCUT2D eigenvalue weighted by Crippen LogP contribution is 2.09. The van der Waals surface area contributed by atoms with Crippen LogP contribution in [0, 0.1) is 0 Å². The molecule has 5 heteroatoms. The molecule has 2 aromatic rings. The highest BCUT2D eigenvalue weighted by Gasteiger charge is 1.95. The minimum absolute atomic E-state index is 0.809. The molecule has 0 amide bonds. The minimum atomic E-state index is 0.809. The average Bonchev–Trinajstić information content (AvgIpc) is 2.58. The van der Waals surface area contributed by atoms with Gasteiger partial charge in [-0.1, -0.05) is 0 Å². The predicted octanol–water partition coefficient (Wildman–Crippen LogP) is 1.42. The van der Waals surface area contributed by atoms with E-state index in [0.29, 0.717) is 0 Å². The lowest BCUT2D eigenvalue weighted by molar-refractivity contribution is 0.989. The van der Waals surface area contributed by atoms with E-state index in [-0.39, 0.29) is 0 Å². The first kappa shape index (κ1) is 7.42. The van der Waals surface area contributed by atoms with Crippen molar-refractivity contribution in [1.29, 1.82) is 0 Å². The van der Waals surface area contributed by atoms with E-state index < -0.39 is 0 Å². The highest BCUT2D eigenvalue weighted by molar-refractivity contribution is 9.10.